The minimum atomic E-state index is -2.75. The van der Waals surface area contributed by atoms with E-state index in [2.05, 4.69) is 23.6 Å². The first-order valence-electron chi connectivity index (χ1n) is 8.25. The lowest BCUT2D eigenvalue weighted by Gasteiger charge is -2.40. The third-order valence-corrected chi connectivity index (χ3v) is 6.13. The van der Waals surface area contributed by atoms with Crippen LogP contribution in [0.25, 0.3) is 0 Å². The van der Waals surface area contributed by atoms with Gasteiger partial charge in [-0.3, -0.25) is 4.90 Å². The van der Waals surface area contributed by atoms with E-state index in [4.69, 9.17) is 4.74 Å². The zero-order valence-corrected chi connectivity index (χ0v) is 14.3. The lowest BCUT2D eigenvalue weighted by Crippen LogP contribution is -2.50. The van der Waals surface area contributed by atoms with Gasteiger partial charge in [0.05, 0.1) is 17.6 Å². The third kappa shape index (κ3) is 5.85. The van der Waals surface area contributed by atoms with E-state index >= 15 is 0 Å². The largest absolute Gasteiger partial charge is 0.379 e. The first-order chi connectivity index (χ1) is 9.96. The highest BCUT2D eigenvalue weighted by Gasteiger charge is 2.29. The van der Waals surface area contributed by atoms with E-state index in [-0.39, 0.29) is 0 Å². The Kier molecular flexibility index (Phi) is 6.47. The molecule has 0 amide bonds. The first kappa shape index (κ1) is 17.2. The molecule has 2 aliphatic rings. The molecule has 0 aliphatic carbocycles. The van der Waals surface area contributed by atoms with Crippen LogP contribution in [0.3, 0.4) is 0 Å². The van der Waals surface area contributed by atoms with Gasteiger partial charge in [0.25, 0.3) is 0 Å². The molecular formula is C15H30N2O3S. The Morgan fingerprint density at radius 2 is 1.71 bits per heavy atom. The molecule has 21 heavy (non-hydrogen) atoms. The number of sulfone groups is 1. The highest BCUT2D eigenvalue weighted by Crippen LogP contribution is 2.19. The summed E-state index contributed by atoms with van der Waals surface area (Å²) in [5.74, 6) is 0.694. The van der Waals surface area contributed by atoms with Gasteiger partial charge in [-0.1, -0.05) is 0 Å². The van der Waals surface area contributed by atoms with E-state index < -0.39 is 9.84 Å². The summed E-state index contributed by atoms with van der Waals surface area (Å²) in [4.78, 5) is 4.90. The van der Waals surface area contributed by atoms with Crippen molar-refractivity contribution in [2.24, 2.45) is 0 Å². The Bertz CT molecular complexity index is 389. The maximum absolute atomic E-state index is 11.5. The van der Waals surface area contributed by atoms with Crippen molar-refractivity contribution in [2.75, 3.05) is 50.8 Å². The predicted octanol–water partition coefficient (Wildman–Crippen LogP) is 0.996. The van der Waals surface area contributed by atoms with Crippen LogP contribution in [-0.2, 0) is 14.6 Å². The van der Waals surface area contributed by atoms with Gasteiger partial charge in [-0.2, -0.15) is 0 Å². The fourth-order valence-corrected chi connectivity index (χ4v) is 4.44. The molecule has 6 heteroatoms. The van der Waals surface area contributed by atoms with Crippen molar-refractivity contribution in [3.05, 3.63) is 0 Å². The van der Waals surface area contributed by atoms with Gasteiger partial charge in [0, 0.05) is 32.3 Å². The van der Waals surface area contributed by atoms with E-state index in [0.29, 0.717) is 23.7 Å². The molecule has 2 saturated heterocycles. The SMILES string of the molecule is CC(C)OCCCN1CCC(N2CCS(=O)(=O)CC2)CC1. The summed E-state index contributed by atoms with van der Waals surface area (Å²) in [5.41, 5.74) is 0. The molecule has 0 spiro atoms. The second-order valence-corrected chi connectivity index (χ2v) is 8.84. The predicted molar refractivity (Wildman–Crippen MR) is 85.4 cm³/mol. The fraction of sp³-hybridized carbons (Fsp3) is 1.00. The molecule has 0 saturated carbocycles. The van der Waals surface area contributed by atoms with Gasteiger partial charge < -0.3 is 9.64 Å². The molecule has 2 aliphatic heterocycles. The number of hydrogen-bond donors (Lipinski definition) is 0. The maximum atomic E-state index is 11.5. The van der Waals surface area contributed by atoms with Gasteiger partial charge in [-0.15, -0.1) is 0 Å². The van der Waals surface area contributed by atoms with Crippen molar-refractivity contribution in [3.63, 3.8) is 0 Å². The smallest absolute Gasteiger partial charge is 0.152 e. The van der Waals surface area contributed by atoms with Crippen molar-refractivity contribution in [3.8, 4) is 0 Å². The second-order valence-electron chi connectivity index (χ2n) is 6.53. The summed E-state index contributed by atoms with van der Waals surface area (Å²) < 4.78 is 28.5. The van der Waals surface area contributed by atoms with E-state index in [1.54, 1.807) is 0 Å². The minimum Gasteiger partial charge on any atom is -0.379 e. The fourth-order valence-electron chi connectivity index (χ4n) is 3.21. The zero-order valence-electron chi connectivity index (χ0n) is 13.5. The molecular weight excluding hydrogens is 288 g/mol. The van der Waals surface area contributed by atoms with Crippen molar-refractivity contribution in [1.82, 2.24) is 9.80 Å². The van der Waals surface area contributed by atoms with Crippen LogP contribution in [0.1, 0.15) is 33.1 Å². The Morgan fingerprint density at radius 3 is 2.29 bits per heavy atom. The molecule has 0 unspecified atom stereocenters. The molecule has 2 fully saturated rings. The van der Waals surface area contributed by atoms with Crippen molar-refractivity contribution < 1.29 is 13.2 Å². The quantitative estimate of drug-likeness (QED) is 0.684. The number of ether oxygens (including phenoxy) is 1. The summed E-state index contributed by atoms with van der Waals surface area (Å²) in [5, 5.41) is 0. The van der Waals surface area contributed by atoms with Gasteiger partial charge in [0.1, 0.15) is 0 Å². The van der Waals surface area contributed by atoms with Crippen LogP contribution in [0.4, 0.5) is 0 Å². The number of nitrogens with zero attached hydrogens (tertiary/aromatic N) is 2. The molecule has 0 aromatic rings. The topological polar surface area (TPSA) is 49.9 Å². The molecule has 0 atom stereocenters. The van der Waals surface area contributed by atoms with E-state index in [1.807, 2.05) is 0 Å². The summed E-state index contributed by atoms with van der Waals surface area (Å²) in [6.07, 6.45) is 3.77. The Labute approximate surface area is 129 Å². The summed E-state index contributed by atoms with van der Waals surface area (Å²) in [7, 11) is -2.75. The average molecular weight is 318 g/mol. The molecule has 0 radical (unpaired) electrons. The van der Waals surface area contributed by atoms with Gasteiger partial charge in [0.15, 0.2) is 9.84 Å². The highest BCUT2D eigenvalue weighted by atomic mass is 32.2. The van der Waals surface area contributed by atoms with Crippen LogP contribution >= 0.6 is 0 Å². The molecule has 5 nitrogen and oxygen atoms in total. The van der Waals surface area contributed by atoms with Gasteiger partial charge in [-0.05, 0) is 46.2 Å². The molecule has 2 rings (SSSR count). The number of rotatable bonds is 6. The van der Waals surface area contributed by atoms with Gasteiger partial charge in [-0.25, -0.2) is 8.42 Å². The Balaban J connectivity index is 1.62. The van der Waals surface area contributed by atoms with E-state index in [9.17, 15) is 8.42 Å². The molecule has 124 valence electrons. The van der Waals surface area contributed by atoms with Gasteiger partial charge in [0.2, 0.25) is 0 Å². The zero-order chi connectivity index (χ0) is 15.3. The van der Waals surface area contributed by atoms with Crippen LogP contribution in [0.15, 0.2) is 0 Å². The Morgan fingerprint density at radius 1 is 1.10 bits per heavy atom. The molecule has 0 aromatic carbocycles. The van der Waals surface area contributed by atoms with Gasteiger partial charge >= 0.3 is 0 Å². The van der Waals surface area contributed by atoms with Crippen LogP contribution in [0, 0.1) is 0 Å². The molecule has 0 N–H and O–H groups in total. The maximum Gasteiger partial charge on any atom is 0.152 e. The first-order valence-corrected chi connectivity index (χ1v) is 10.1. The minimum absolute atomic E-state index is 0.325. The Hall–Kier alpha value is -0.170. The molecule has 0 bridgehead atoms. The van der Waals surface area contributed by atoms with Crippen LogP contribution < -0.4 is 0 Å². The summed E-state index contributed by atoms with van der Waals surface area (Å²) in [6, 6.07) is 0.587. The summed E-state index contributed by atoms with van der Waals surface area (Å²) in [6.45, 7) is 9.85. The number of piperidine rings is 1. The second kappa shape index (κ2) is 7.90. The lowest BCUT2D eigenvalue weighted by molar-refractivity contribution is 0.0631. The van der Waals surface area contributed by atoms with Crippen LogP contribution in [0.5, 0.6) is 0 Å². The van der Waals surface area contributed by atoms with E-state index in [0.717, 1.165) is 45.8 Å². The average Bonchev–Trinajstić information content (AvgIpc) is 2.44. The number of hydrogen-bond acceptors (Lipinski definition) is 5. The van der Waals surface area contributed by atoms with Crippen molar-refractivity contribution >= 4 is 9.84 Å². The van der Waals surface area contributed by atoms with Crippen LogP contribution in [0.2, 0.25) is 0 Å². The van der Waals surface area contributed by atoms with Crippen molar-refractivity contribution in [1.29, 1.82) is 0 Å². The highest BCUT2D eigenvalue weighted by molar-refractivity contribution is 7.91. The standard InChI is InChI=1S/C15H30N2O3S/c1-14(2)20-11-3-6-16-7-4-15(5-8-16)17-9-12-21(18,19)13-10-17/h14-15H,3-13H2,1-2H3. The monoisotopic (exact) mass is 318 g/mol. The molecule has 2 heterocycles. The lowest BCUT2D eigenvalue weighted by atomic mass is 10.0. The normalized spacial score (nSPS) is 25.5. The van der Waals surface area contributed by atoms with E-state index in [1.165, 1.54) is 12.8 Å². The van der Waals surface area contributed by atoms with Crippen LogP contribution in [-0.4, -0.2) is 81.2 Å². The summed E-state index contributed by atoms with van der Waals surface area (Å²) >= 11 is 0. The van der Waals surface area contributed by atoms with Crippen molar-refractivity contribution in [2.45, 2.75) is 45.3 Å². The molecule has 0 aromatic heterocycles. The number of likely N-dealkylation sites (tertiary alicyclic amines) is 1. The third-order valence-electron chi connectivity index (χ3n) is 4.52.